The Morgan fingerprint density at radius 2 is 1.96 bits per heavy atom. The van der Waals surface area contributed by atoms with E-state index in [1.807, 2.05) is 12.1 Å². The van der Waals surface area contributed by atoms with Crippen molar-refractivity contribution in [2.75, 3.05) is 18.1 Å². The molecule has 1 amide bonds. The van der Waals surface area contributed by atoms with E-state index in [0.29, 0.717) is 28.9 Å². The Morgan fingerprint density at radius 1 is 1.25 bits per heavy atom. The molecule has 4 nitrogen and oxygen atoms in total. The third-order valence-corrected chi connectivity index (χ3v) is 8.37. The molecule has 2 rings (SSSR count). The van der Waals surface area contributed by atoms with Crippen LogP contribution < -0.4 is 5.32 Å². The summed E-state index contributed by atoms with van der Waals surface area (Å²) in [6.07, 6.45) is 6.17. The Morgan fingerprint density at radius 3 is 2.54 bits per heavy atom. The second kappa shape index (κ2) is 10.3. The van der Waals surface area contributed by atoms with E-state index >= 15 is 0 Å². The first kappa shape index (κ1) is 23.5. The van der Waals surface area contributed by atoms with E-state index in [9.17, 15) is 13.2 Å². The van der Waals surface area contributed by atoms with Crippen LogP contribution in [0.15, 0.2) is 18.2 Å². The van der Waals surface area contributed by atoms with Gasteiger partial charge in [0.1, 0.15) is 9.84 Å². The zero-order valence-electron chi connectivity index (χ0n) is 16.8. The van der Waals surface area contributed by atoms with Crippen LogP contribution in [-0.4, -0.2) is 32.4 Å². The molecular formula is C21H31Cl2NO3S. The third kappa shape index (κ3) is 6.64. The zero-order valence-corrected chi connectivity index (χ0v) is 19.1. The quantitative estimate of drug-likeness (QED) is 0.509. The van der Waals surface area contributed by atoms with E-state index in [0.717, 1.165) is 25.7 Å². The van der Waals surface area contributed by atoms with Crippen LogP contribution in [0.1, 0.15) is 64.4 Å². The minimum absolute atomic E-state index is 0.0682. The van der Waals surface area contributed by atoms with Crippen molar-refractivity contribution in [3.63, 3.8) is 0 Å². The number of nitrogens with one attached hydrogen (secondary N) is 1. The highest BCUT2D eigenvalue weighted by molar-refractivity contribution is 7.91. The van der Waals surface area contributed by atoms with Crippen LogP contribution in [0.25, 0.3) is 0 Å². The molecule has 1 N–H and O–H groups in total. The number of amides is 1. The summed E-state index contributed by atoms with van der Waals surface area (Å²) in [5, 5.41) is 4.12. The van der Waals surface area contributed by atoms with Crippen LogP contribution in [0.3, 0.4) is 0 Å². The molecular weight excluding hydrogens is 417 g/mol. The molecule has 0 spiro atoms. The molecule has 0 heterocycles. The molecule has 1 unspecified atom stereocenters. The van der Waals surface area contributed by atoms with Gasteiger partial charge in [0, 0.05) is 18.7 Å². The van der Waals surface area contributed by atoms with Gasteiger partial charge in [-0.2, -0.15) is 0 Å². The molecule has 0 aromatic heterocycles. The van der Waals surface area contributed by atoms with E-state index in [4.69, 9.17) is 23.2 Å². The summed E-state index contributed by atoms with van der Waals surface area (Å²) in [6.45, 7) is 4.47. The fourth-order valence-corrected chi connectivity index (χ4v) is 5.12. The van der Waals surface area contributed by atoms with Gasteiger partial charge in [0.2, 0.25) is 5.91 Å². The second-order valence-electron chi connectivity index (χ2n) is 8.05. The fourth-order valence-electron chi connectivity index (χ4n) is 3.95. The van der Waals surface area contributed by atoms with Gasteiger partial charge in [-0.3, -0.25) is 4.79 Å². The SMILES string of the molecule is CCS(=O)(=O)CCCC(=O)NCCC(C)CC1(c2ccc(Cl)c(Cl)c2)CCC1. The van der Waals surface area contributed by atoms with Crippen molar-refractivity contribution >= 4 is 38.9 Å². The maximum absolute atomic E-state index is 11.9. The number of hydrogen-bond acceptors (Lipinski definition) is 3. The summed E-state index contributed by atoms with van der Waals surface area (Å²) in [7, 11) is -3.00. The van der Waals surface area contributed by atoms with Gasteiger partial charge in [0.05, 0.1) is 15.8 Å². The van der Waals surface area contributed by atoms with Crippen molar-refractivity contribution in [1.82, 2.24) is 5.32 Å². The number of rotatable bonds is 11. The summed E-state index contributed by atoms with van der Waals surface area (Å²) >= 11 is 12.3. The lowest BCUT2D eigenvalue weighted by Gasteiger charge is -2.44. The Labute approximate surface area is 179 Å². The summed E-state index contributed by atoms with van der Waals surface area (Å²) in [6, 6.07) is 5.97. The summed E-state index contributed by atoms with van der Waals surface area (Å²) in [5.74, 6) is 0.614. The van der Waals surface area contributed by atoms with Crippen LogP contribution in [0.5, 0.6) is 0 Å². The van der Waals surface area contributed by atoms with Gasteiger partial charge in [-0.15, -0.1) is 0 Å². The minimum Gasteiger partial charge on any atom is -0.356 e. The standard InChI is InChI=1S/C21H31Cl2NO3S/c1-3-28(26,27)13-4-6-20(25)24-12-9-16(2)15-21(10-5-11-21)17-7-8-18(22)19(23)14-17/h7-8,14,16H,3-6,9-13,15H2,1-2H3,(H,24,25). The molecule has 1 fully saturated rings. The first-order chi connectivity index (χ1) is 13.2. The third-order valence-electron chi connectivity index (χ3n) is 5.84. The summed E-state index contributed by atoms with van der Waals surface area (Å²) < 4.78 is 22.9. The highest BCUT2D eigenvalue weighted by Gasteiger charge is 2.39. The Bertz CT molecular complexity index is 776. The molecule has 1 saturated carbocycles. The molecule has 1 aromatic carbocycles. The van der Waals surface area contributed by atoms with Gasteiger partial charge in [-0.05, 0) is 61.1 Å². The van der Waals surface area contributed by atoms with E-state index in [2.05, 4.69) is 18.3 Å². The highest BCUT2D eigenvalue weighted by atomic mass is 35.5. The first-order valence-corrected chi connectivity index (χ1v) is 12.7. The lowest BCUT2D eigenvalue weighted by Crippen LogP contribution is -2.36. The number of halogens is 2. The van der Waals surface area contributed by atoms with Crippen molar-refractivity contribution in [2.45, 2.75) is 64.2 Å². The Hall–Kier alpha value is -0.780. The van der Waals surface area contributed by atoms with Crippen molar-refractivity contribution in [3.8, 4) is 0 Å². The van der Waals surface area contributed by atoms with E-state index in [1.165, 1.54) is 12.0 Å². The number of hydrogen-bond donors (Lipinski definition) is 1. The Kier molecular flexibility index (Phi) is 8.65. The molecule has 28 heavy (non-hydrogen) atoms. The van der Waals surface area contributed by atoms with Crippen LogP contribution in [-0.2, 0) is 20.0 Å². The molecule has 1 aromatic rings. The van der Waals surface area contributed by atoms with E-state index < -0.39 is 9.84 Å². The Balaban J connectivity index is 1.76. The van der Waals surface area contributed by atoms with Gasteiger partial charge >= 0.3 is 0 Å². The summed E-state index contributed by atoms with van der Waals surface area (Å²) in [5.41, 5.74) is 1.44. The smallest absolute Gasteiger partial charge is 0.220 e. The summed E-state index contributed by atoms with van der Waals surface area (Å²) in [4.78, 5) is 11.9. The first-order valence-electron chi connectivity index (χ1n) is 10.1. The molecule has 0 bridgehead atoms. The van der Waals surface area contributed by atoms with Gasteiger partial charge in [0.25, 0.3) is 0 Å². The molecule has 0 aliphatic heterocycles. The molecule has 1 aliphatic carbocycles. The van der Waals surface area contributed by atoms with Crippen molar-refractivity contribution < 1.29 is 13.2 Å². The van der Waals surface area contributed by atoms with Gasteiger partial charge < -0.3 is 5.32 Å². The molecule has 0 saturated heterocycles. The molecule has 1 atom stereocenters. The van der Waals surface area contributed by atoms with Crippen molar-refractivity contribution in [3.05, 3.63) is 33.8 Å². The average Bonchev–Trinajstić information content (AvgIpc) is 2.60. The fraction of sp³-hybridized carbons (Fsp3) is 0.667. The monoisotopic (exact) mass is 447 g/mol. The van der Waals surface area contributed by atoms with Crippen LogP contribution in [0, 0.1) is 5.92 Å². The van der Waals surface area contributed by atoms with E-state index in [1.54, 1.807) is 6.92 Å². The van der Waals surface area contributed by atoms with E-state index in [-0.39, 0.29) is 29.2 Å². The lowest BCUT2D eigenvalue weighted by molar-refractivity contribution is -0.121. The number of carbonyl (C=O) groups excluding carboxylic acids is 1. The maximum Gasteiger partial charge on any atom is 0.220 e. The largest absolute Gasteiger partial charge is 0.356 e. The molecule has 7 heteroatoms. The highest BCUT2D eigenvalue weighted by Crippen LogP contribution is 2.49. The normalized spacial score (nSPS) is 17.0. The average molecular weight is 448 g/mol. The van der Waals surface area contributed by atoms with Gasteiger partial charge in [0.15, 0.2) is 0 Å². The van der Waals surface area contributed by atoms with Gasteiger partial charge in [-0.25, -0.2) is 8.42 Å². The van der Waals surface area contributed by atoms with Crippen LogP contribution in [0.4, 0.5) is 0 Å². The lowest BCUT2D eigenvalue weighted by atomic mass is 9.60. The molecule has 0 radical (unpaired) electrons. The second-order valence-corrected chi connectivity index (χ2v) is 11.3. The van der Waals surface area contributed by atoms with Crippen molar-refractivity contribution in [2.24, 2.45) is 5.92 Å². The number of carbonyl (C=O) groups is 1. The van der Waals surface area contributed by atoms with Gasteiger partial charge in [-0.1, -0.05) is 49.5 Å². The number of sulfone groups is 1. The van der Waals surface area contributed by atoms with Crippen LogP contribution >= 0.6 is 23.2 Å². The maximum atomic E-state index is 11.9. The zero-order chi connectivity index (χ0) is 20.8. The topological polar surface area (TPSA) is 63.2 Å². The molecule has 1 aliphatic rings. The molecule has 158 valence electrons. The van der Waals surface area contributed by atoms with Crippen LogP contribution in [0.2, 0.25) is 10.0 Å². The number of benzene rings is 1. The predicted molar refractivity (Wildman–Crippen MR) is 117 cm³/mol. The predicted octanol–water partition coefficient (Wildman–Crippen LogP) is 5.16. The van der Waals surface area contributed by atoms with Crippen molar-refractivity contribution in [1.29, 1.82) is 0 Å². The minimum atomic E-state index is -3.00.